The second-order valence-electron chi connectivity index (χ2n) is 3.37. The molecule has 0 aliphatic carbocycles. The summed E-state index contributed by atoms with van der Waals surface area (Å²) in [6.07, 6.45) is -9.50. The maximum absolute atomic E-state index is 12.6. The van der Waals surface area contributed by atoms with Crippen molar-refractivity contribution in [2.75, 3.05) is 6.61 Å². The van der Waals surface area contributed by atoms with Gasteiger partial charge in [-0.15, -0.1) is 11.6 Å². The van der Waals surface area contributed by atoms with Gasteiger partial charge in [-0.25, -0.2) is 0 Å². The molecule has 0 N–H and O–H groups in total. The zero-order valence-corrected chi connectivity index (χ0v) is 9.46. The van der Waals surface area contributed by atoms with Crippen LogP contribution in [0.15, 0.2) is 18.2 Å². The zero-order valence-electron chi connectivity index (χ0n) is 8.70. The van der Waals surface area contributed by atoms with Crippen LogP contribution >= 0.6 is 11.6 Å². The van der Waals surface area contributed by atoms with Gasteiger partial charge in [0.25, 0.3) is 0 Å². The van der Waals surface area contributed by atoms with Gasteiger partial charge < -0.3 is 4.74 Å². The van der Waals surface area contributed by atoms with Crippen LogP contribution in [0.4, 0.5) is 26.3 Å². The Morgan fingerprint density at radius 1 is 1.06 bits per heavy atom. The van der Waals surface area contributed by atoms with Gasteiger partial charge in [0.05, 0.1) is 5.56 Å². The Bertz CT molecular complexity index is 412. The molecule has 0 aromatic heterocycles. The molecule has 0 saturated heterocycles. The highest BCUT2D eigenvalue weighted by atomic mass is 35.5. The largest absolute Gasteiger partial charge is 0.483 e. The minimum atomic E-state index is -4.80. The van der Waals surface area contributed by atoms with E-state index in [-0.39, 0.29) is 11.4 Å². The molecule has 0 heterocycles. The van der Waals surface area contributed by atoms with Gasteiger partial charge in [0.15, 0.2) is 6.61 Å². The van der Waals surface area contributed by atoms with E-state index in [0.29, 0.717) is 6.07 Å². The molecule has 18 heavy (non-hydrogen) atoms. The van der Waals surface area contributed by atoms with Gasteiger partial charge in [-0.05, 0) is 17.7 Å². The number of halogens is 7. The molecule has 0 saturated carbocycles. The molecule has 0 aliphatic heterocycles. The van der Waals surface area contributed by atoms with E-state index in [4.69, 9.17) is 11.6 Å². The predicted octanol–water partition coefficient (Wildman–Crippen LogP) is 4.39. The van der Waals surface area contributed by atoms with Crippen molar-refractivity contribution in [3.05, 3.63) is 29.3 Å². The lowest BCUT2D eigenvalue weighted by molar-refractivity contribution is -0.158. The van der Waals surface area contributed by atoms with E-state index in [2.05, 4.69) is 4.74 Å². The summed E-state index contributed by atoms with van der Waals surface area (Å²) in [4.78, 5) is 0. The average molecular weight is 293 g/mol. The van der Waals surface area contributed by atoms with Gasteiger partial charge in [-0.1, -0.05) is 6.07 Å². The first-order valence-corrected chi connectivity index (χ1v) is 5.12. The molecule has 1 nitrogen and oxygen atoms in total. The summed E-state index contributed by atoms with van der Waals surface area (Å²) in [5.74, 6) is -1.04. The van der Waals surface area contributed by atoms with E-state index in [9.17, 15) is 26.3 Å². The Balaban J connectivity index is 3.03. The van der Waals surface area contributed by atoms with Crippen molar-refractivity contribution in [2.24, 2.45) is 0 Å². The monoisotopic (exact) mass is 292 g/mol. The third-order valence-electron chi connectivity index (χ3n) is 1.90. The Labute approximate surface area is 103 Å². The summed E-state index contributed by atoms with van der Waals surface area (Å²) < 4.78 is 77.5. The number of ether oxygens (including phenoxy) is 1. The average Bonchev–Trinajstić information content (AvgIpc) is 2.24. The SMILES string of the molecule is FC(F)(F)COc1ccc(CCl)cc1C(F)(F)F. The lowest BCUT2D eigenvalue weighted by Crippen LogP contribution is -2.21. The maximum Gasteiger partial charge on any atom is 0.422 e. The van der Waals surface area contributed by atoms with Crippen LogP contribution in [0.3, 0.4) is 0 Å². The van der Waals surface area contributed by atoms with E-state index < -0.39 is 30.3 Å². The van der Waals surface area contributed by atoms with Gasteiger partial charge in [-0.2, -0.15) is 26.3 Å². The molecular formula is C10H7ClF6O. The first-order valence-electron chi connectivity index (χ1n) is 4.59. The second-order valence-corrected chi connectivity index (χ2v) is 3.63. The highest BCUT2D eigenvalue weighted by molar-refractivity contribution is 6.17. The number of hydrogen-bond donors (Lipinski definition) is 0. The minimum absolute atomic E-state index is 0.142. The van der Waals surface area contributed by atoms with Crippen molar-refractivity contribution >= 4 is 11.6 Å². The lowest BCUT2D eigenvalue weighted by atomic mass is 10.1. The fraction of sp³-hybridized carbons (Fsp3) is 0.400. The zero-order chi connectivity index (χ0) is 14.0. The predicted molar refractivity (Wildman–Crippen MR) is 52.6 cm³/mol. The van der Waals surface area contributed by atoms with E-state index in [1.807, 2.05) is 0 Å². The molecule has 1 aromatic carbocycles. The highest BCUT2D eigenvalue weighted by Crippen LogP contribution is 2.37. The molecule has 0 unspecified atom stereocenters. The molecule has 1 rings (SSSR count). The fourth-order valence-electron chi connectivity index (χ4n) is 1.17. The highest BCUT2D eigenvalue weighted by Gasteiger charge is 2.36. The molecule has 0 amide bonds. The van der Waals surface area contributed by atoms with E-state index in [0.717, 1.165) is 6.07 Å². The Hall–Kier alpha value is -1.11. The first kappa shape index (κ1) is 14.9. The minimum Gasteiger partial charge on any atom is -0.483 e. The number of alkyl halides is 7. The summed E-state index contributed by atoms with van der Waals surface area (Å²) in [6.45, 7) is -1.78. The number of benzene rings is 1. The van der Waals surface area contributed by atoms with Gasteiger partial charge >= 0.3 is 12.4 Å². The smallest absolute Gasteiger partial charge is 0.422 e. The van der Waals surface area contributed by atoms with Crippen LogP contribution < -0.4 is 4.74 Å². The topological polar surface area (TPSA) is 9.23 Å². The van der Waals surface area contributed by atoms with Crippen LogP contribution in [0.1, 0.15) is 11.1 Å². The molecule has 8 heteroatoms. The Kier molecular flexibility index (Phi) is 4.37. The molecular weight excluding hydrogens is 286 g/mol. The molecule has 0 fully saturated rings. The molecule has 0 bridgehead atoms. The standard InChI is InChI=1S/C10H7ClF6O/c11-4-6-1-2-8(18-5-9(12,13)14)7(3-6)10(15,16)17/h1-3H,4-5H2. The van der Waals surface area contributed by atoms with E-state index in [1.54, 1.807) is 0 Å². The van der Waals surface area contributed by atoms with Crippen molar-refractivity contribution in [3.63, 3.8) is 0 Å². The summed E-state index contributed by atoms with van der Waals surface area (Å²) in [5.41, 5.74) is -1.13. The molecule has 0 aliphatic rings. The summed E-state index contributed by atoms with van der Waals surface area (Å²) in [5, 5.41) is 0. The van der Waals surface area contributed by atoms with Gasteiger partial charge in [0.2, 0.25) is 0 Å². The Morgan fingerprint density at radius 2 is 1.67 bits per heavy atom. The van der Waals surface area contributed by atoms with Crippen LogP contribution in [0.5, 0.6) is 5.75 Å². The summed E-state index contributed by atoms with van der Waals surface area (Å²) in [7, 11) is 0. The van der Waals surface area contributed by atoms with Crippen LogP contribution in [0.25, 0.3) is 0 Å². The lowest BCUT2D eigenvalue weighted by Gasteiger charge is -2.15. The molecule has 102 valence electrons. The molecule has 0 radical (unpaired) electrons. The van der Waals surface area contributed by atoms with Crippen molar-refractivity contribution in [3.8, 4) is 5.75 Å². The molecule has 1 aromatic rings. The second kappa shape index (κ2) is 5.26. The normalized spacial score (nSPS) is 12.6. The third kappa shape index (κ3) is 4.29. The van der Waals surface area contributed by atoms with Gasteiger partial charge in [-0.3, -0.25) is 0 Å². The third-order valence-corrected chi connectivity index (χ3v) is 2.20. The summed E-state index contributed by atoms with van der Waals surface area (Å²) >= 11 is 5.36. The van der Waals surface area contributed by atoms with Crippen LogP contribution in [0, 0.1) is 0 Å². The first-order chi connectivity index (χ1) is 8.13. The van der Waals surface area contributed by atoms with Gasteiger partial charge in [0, 0.05) is 5.88 Å². The van der Waals surface area contributed by atoms with Crippen LogP contribution in [0.2, 0.25) is 0 Å². The van der Waals surface area contributed by atoms with Crippen LogP contribution in [-0.4, -0.2) is 12.8 Å². The van der Waals surface area contributed by atoms with E-state index >= 15 is 0 Å². The van der Waals surface area contributed by atoms with Crippen molar-refractivity contribution in [2.45, 2.75) is 18.2 Å². The molecule has 0 spiro atoms. The fourth-order valence-corrected chi connectivity index (χ4v) is 1.33. The molecule has 0 atom stereocenters. The van der Waals surface area contributed by atoms with E-state index in [1.165, 1.54) is 6.07 Å². The quantitative estimate of drug-likeness (QED) is 0.593. The maximum atomic E-state index is 12.6. The van der Waals surface area contributed by atoms with Crippen LogP contribution in [-0.2, 0) is 12.1 Å². The van der Waals surface area contributed by atoms with Crippen molar-refractivity contribution < 1.29 is 31.1 Å². The van der Waals surface area contributed by atoms with Gasteiger partial charge in [0.1, 0.15) is 5.75 Å². The number of hydrogen-bond acceptors (Lipinski definition) is 1. The number of rotatable bonds is 3. The van der Waals surface area contributed by atoms with Crippen molar-refractivity contribution in [1.82, 2.24) is 0 Å². The summed E-state index contributed by atoms with van der Waals surface area (Å²) in [6, 6.07) is 2.67. The Morgan fingerprint density at radius 3 is 2.11 bits per heavy atom. The van der Waals surface area contributed by atoms with Crippen molar-refractivity contribution in [1.29, 1.82) is 0 Å².